The molecule has 0 aliphatic heterocycles. The van der Waals surface area contributed by atoms with Gasteiger partial charge in [0.25, 0.3) is 0 Å². The molecule has 3 N–H and O–H groups in total. The number of halogens is 1. The lowest BCUT2D eigenvalue weighted by molar-refractivity contribution is 0.142. The average molecular weight is 300 g/mol. The molecular formula is C17H17FN2O2. The standard InChI is InChI=1S/C17H17FN2O2/c18-14-8-4-2-6-12(14)10-19-17(22)20-16-13-7-3-1-5-11(13)9-15(16)21/h1-8,15-16,21H,9-10H2,(H2,19,20,22)/t15-,16+/m0/s1. The maximum absolute atomic E-state index is 13.5. The number of hydrogen-bond acceptors (Lipinski definition) is 2. The molecule has 0 saturated carbocycles. The Balaban J connectivity index is 1.62. The minimum atomic E-state index is -0.642. The van der Waals surface area contributed by atoms with Gasteiger partial charge >= 0.3 is 6.03 Å². The highest BCUT2D eigenvalue weighted by Crippen LogP contribution is 2.31. The number of nitrogens with one attached hydrogen (secondary N) is 2. The first-order valence-electron chi connectivity index (χ1n) is 7.19. The first kappa shape index (κ1) is 14.5. The summed E-state index contributed by atoms with van der Waals surface area (Å²) in [5.41, 5.74) is 2.38. The molecule has 0 radical (unpaired) electrons. The molecule has 0 heterocycles. The Morgan fingerprint density at radius 3 is 2.73 bits per heavy atom. The summed E-state index contributed by atoms with van der Waals surface area (Å²) in [5, 5.41) is 15.5. The van der Waals surface area contributed by atoms with Crippen LogP contribution in [-0.2, 0) is 13.0 Å². The molecule has 0 unspecified atom stereocenters. The summed E-state index contributed by atoms with van der Waals surface area (Å²) in [6.45, 7) is 0.100. The molecule has 0 aromatic heterocycles. The first-order chi connectivity index (χ1) is 10.6. The lowest BCUT2D eigenvalue weighted by atomic mass is 10.1. The number of fused-ring (bicyclic) bond motifs is 1. The number of carbonyl (C=O) groups is 1. The van der Waals surface area contributed by atoms with Gasteiger partial charge in [0.15, 0.2) is 0 Å². The van der Waals surface area contributed by atoms with E-state index in [-0.39, 0.29) is 12.4 Å². The van der Waals surface area contributed by atoms with Crippen molar-refractivity contribution in [3.63, 3.8) is 0 Å². The van der Waals surface area contributed by atoms with Crippen molar-refractivity contribution in [3.8, 4) is 0 Å². The topological polar surface area (TPSA) is 61.4 Å². The van der Waals surface area contributed by atoms with E-state index in [4.69, 9.17) is 0 Å². The third kappa shape index (κ3) is 2.94. The van der Waals surface area contributed by atoms with Gasteiger partial charge in [-0.05, 0) is 17.2 Å². The van der Waals surface area contributed by atoms with Crippen molar-refractivity contribution in [2.45, 2.75) is 25.1 Å². The summed E-state index contributed by atoms with van der Waals surface area (Å²) in [5.74, 6) is -0.353. The van der Waals surface area contributed by atoms with Gasteiger partial charge < -0.3 is 15.7 Å². The molecule has 114 valence electrons. The van der Waals surface area contributed by atoms with Crippen molar-refractivity contribution in [2.24, 2.45) is 0 Å². The van der Waals surface area contributed by atoms with E-state index in [1.807, 2.05) is 24.3 Å². The number of hydrogen-bond donors (Lipinski definition) is 3. The highest BCUT2D eigenvalue weighted by molar-refractivity contribution is 5.74. The monoisotopic (exact) mass is 300 g/mol. The summed E-state index contributed by atoms with van der Waals surface area (Å²) in [7, 11) is 0. The highest BCUT2D eigenvalue weighted by Gasteiger charge is 2.31. The van der Waals surface area contributed by atoms with E-state index in [1.165, 1.54) is 6.07 Å². The second kappa shape index (κ2) is 6.15. The fourth-order valence-corrected chi connectivity index (χ4v) is 2.76. The Hall–Kier alpha value is -2.40. The Morgan fingerprint density at radius 2 is 1.91 bits per heavy atom. The van der Waals surface area contributed by atoms with Crippen molar-refractivity contribution < 1.29 is 14.3 Å². The van der Waals surface area contributed by atoms with Gasteiger partial charge in [-0.25, -0.2) is 9.18 Å². The molecule has 0 saturated heterocycles. The van der Waals surface area contributed by atoms with Crippen molar-refractivity contribution in [2.75, 3.05) is 0 Å². The fourth-order valence-electron chi connectivity index (χ4n) is 2.76. The van der Waals surface area contributed by atoms with Crippen LogP contribution in [0.1, 0.15) is 22.7 Å². The zero-order valence-corrected chi connectivity index (χ0v) is 11.9. The summed E-state index contributed by atoms with van der Waals surface area (Å²) in [4.78, 5) is 12.0. The molecule has 3 rings (SSSR count). The molecule has 5 heteroatoms. The van der Waals surface area contributed by atoms with Gasteiger partial charge in [-0.1, -0.05) is 42.5 Å². The predicted octanol–water partition coefficient (Wildman–Crippen LogP) is 2.28. The number of aliphatic hydroxyl groups is 1. The molecule has 0 spiro atoms. The maximum atomic E-state index is 13.5. The van der Waals surface area contributed by atoms with E-state index >= 15 is 0 Å². The Morgan fingerprint density at radius 1 is 1.18 bits per heavy atom. The van der Waals surface area contributed by atoms with E-state index in [0.717, 1.165) is 11.1 Å². The second-order valence-electron chi connectivity index (χ2n) is 5.37. The van der Waals surface area contributed by atoms with Crippen LogP contribution in [0.2, 0.25) is 0 Å². The van der Waals surface area contributed by atoms with Gasteiger partial charge in [-0.15, -0.1) is 0 Å². The molecule has 1 aliphatic carbocycles. The van der Waals surface area contributed by atoms with Gasteiger partial charge in [-0.3, -0.25) is 0 Å². The minimum Gasteiger partial charge on any atom is -0.390 e. The van der Waals surface area contributed by atoms with E-state index in [0.29, 0.717) is 12.0 Å². The highest BCUT2D eigenvalue weighted by atomic mass is 19.1. The molecule has 0 fully saturated rings. The van der Waals surface area contributed by atoms with Crippen LogP contribution in [0.5, 0.6) is 0 Å². The summed E-state index contributed by atoms with van der Waals surface area (Å²) in [6, 6.07) is 13.1. The molecule has 4 nitrogen and oxygen atoms in total. The molecule has 0 bridgehead atoms. The molecule has 2 atom stereocenters. The van der Waals surface area contributed by atoms with Crippen LogP contribution in [0.3, 0.4) is 0 Å². The van der Waals surface area contributed by atoms with Crippen LogP contribution in [0.4, 0.5) is 9.18 Å². The molecule has 22 heavy (non-hydrogen) atoms. The third-order valence-corrected chi connectivity index (χ3v) is 3.89. The van der Waals surface area contributed by atoms with Gasteiger partial charge in [0, 0.05) is 18.5 Å². The van der Waals surface area contributed by atoms with Crippen LogP contribution in [0.25, 0.3) is 0 Å². The van der Waals surface area contributed by atoms with Crippen molar-refractivity contribution in [1.29, 1.82) is 0 Å². The van der Waals surface area contributed by atoms with Crippen LogP contribution >= 0.6 is 0 Å². The van der Waals surface area contributed by atoms with E-state index in [2.05, 4.69) is 10.6 Å². The smallest absolute Gasteiger partial charge is 0.315 e. The van der Waals surface area contributed by atoms with Gasteiger partial charge in [0.2, 0.25) is 0 Å². The molecule has 2 amide bonds. The molecule has 2 aromatic carbocycles. The number of amides is 2. The normalized spacial score (nSPS) is 19.5. The summed E-state index contributed by atoms with van der Waals surface area (Å²) in [6.07, 6.45) is -0.120. The van der Waals surface area contributed by atoms with Crippen molar-refractivity contribution in [3.05, 3.63) is 71.0 Å². The van der Waals surface area contributed by atoms with Crippen LogP contribution in [-0.4, -0.2) is 17.2 Å². The third-order valence-electron chi connectivity index (χ3n) is 3.89. The lowest BCUT2D eigenvalue weighted by Crippen LogP contribution is -2.40. The fraction of sp³-hybridized carbons (Fsp3) is 0.235. The number of urea groups is 1. The van der Waals surface area contributed by atoms with Gasteiger partial charge in [-0.2, -0.15) is 0 Å². The van der Waals surface area contributed by atoms with Crippen LogP contribution < -0.4 is 10.6 Å². The number of benzene rings is 2. The largest absolute Gasteiger partial charge is 0.390 e. The Labute approximate surface area is 128 Å². The zero-order valence-electron chi connectivity index (χ0n) is 11.9. The van der Waals surface area contributed by atoms with Gasteiger partial charge in [0.05, 0.1) is 12.1 Å². The molecular weight excluding hydrogens is 283 g/mol. The van der Waals surface area contributed by atoms with Crippen molar-refractivity contribution in [1.82, 2.24) is 10.6 Å². The van der Waals surface area contributed by atoms with E-state index < -0.39 is 18.2 Å². The maximum Gasteiger partial charge on any atom is 0.315 e. The average Bonchev–Trinajstić information content (AvgIpc) is 2.83. The summed E-state index contributed by atoms with van der Waals surface area (Å²) >= 11 is 0. The quantitative estimate of drug-likeness (QED) is 0.814. The second-order valence-corrected chi connectivity index (χ2v) is 5.37. The Kier molecular flexibility index (Phi) is 4.06. The minimum absolute atomic E-state index is 0.100. The predicted molar refractivity (Wildman–Crippen MR) is 80.7 cm³/mol. The molecule has 2 aromatic rings. The van der Waals surface area contributed by atoms with Crippen LogP contribution in [0, 0.1) is 5.82 Å². The number of carbonyl (C=O) groups excluding carboxylic acids is 1. The zero-order chi connectivity index (χ0) is 15.5. The number of rotatable bonds is 3. The van der Waals surface area contributed by atoms with E-state index in [1.54, 1.807) is 18.2 Å². The SMILES string of the molecule is O=C(NCc1ccccc1F)N[C@@H]1c2ccccc2C[C@@H]1O. The Bertz CT molecular complexity index is 690. The van der Waals surface area contributed by atoms with E-state index in [9.17, 15) is 14.3 Å². The first-order valence-corrected chi connectivity index (χ1v) is 7.19. The van der Waals surface area contributed by atoms with Crippen LogP contribution in [0.15, 0.2) is 48.5 Å². The lowest BCUT2D eigenvalue weighted by Gasteiger charge is -2.18. The number of aliphatic hydroxyl groups excluding tert-OH is 1. The molecule has 1 aliphatic rings. The summed E-state index contributed by atoms with van der Waals surface area (Å²) < 4.78 is 13.5. The van der Waals surface area contributed by atoms with Crippen molar-refractivity contribution >= 4 is 6.03 Å². The van der Waals surface area contributed by atoms with Gasteiger partial charge in [0.1, 0.15) is 5.82 Å².